The molecule has 2 heterocycles. The molecule has 0 spiro atoms. The van der Waals surface area contributed by atoms with Gasteiger partial charge in [-0.05, 0) is 36.1 Å². The lowest BCUT2D eigenvalue weighted by molar-refractivity contribution is 0.0694. The van der Waals surface area contributed by atoms with Crippen LogP contribution in [0.4, 0.5) is 10.1 Å². The van der Waals surface area contributed by atoms with Gasteiger partial charge in [0.2, 0.25) is 11.3 Å². The molecule has 3 N–H and O–H groups in total. The number of hydrogen-bond donors (Lipinski definition) is 3. The van der Waals surface area contributed by atoms with Crippen LogP contribution in [0.1, 0.15) is 35.8 Å². The minimum Gasteiger partial charge on any atom is -0.479 e. The third kappa shape index (κ3) is 4.72. The number of fused-ring (bicyclic) bond motifs is 1. The van der Waals surface area contributed by atoms with Crippen LogP contribution in [-0.4, -0.2) is 46.0 Å². The van der Waals surface area contributed by atoms with Crippen molar-refractivity contribution in [2.75, 3.05) is 25.6 Å². The number of hydrogen-bond acceptors (Lipinski definition) is 6. The standard InChI is InChI=1S/C23H26FN3O5/c1-13(2)19(12-28)27-11-17(23(30)31)20(29)16-10-18(22(32-3)26-21(16)27)25-9-8-14-4-6-15(24)7-5-14/h4-7,10-11,13,19,25,28H,8-9,12H2,1-3H3,(H,30,31)/t19-/m1/s1. The van der Waals surface area contributed by atoms with E-state index in [-0.39, 0.29) is 35.3 Å². The Morgan fingerprint density at radius 3 is 2.53 bits per heavy atom. The molecule has 0 aliphatic heterocycles. The van der Waals surface area contributed by atoms with Crippen LogP contribution in [0.2, 0.25) is 0 Å². The summed E-state index contributed by atoms with van der Waals surface area (Å²) in [5, 5.41) is 22.7. The molecule has 1 aromatic carbocycles. The molecule has 0 unspecified atom stereocenters. The fourth-order valence-electron chi connectivity index (χ4n) is 3.56. The SMILES string of the molecule is COc1nc2c(cc1NCCc1ccc(F)cc1)c(=O)c(C(=O)O)cn2[C@H](CO)C(C)C. The molecule has 0 saturated carbocycles. The van der Waals surface area contributed by atoms with Gasteiger partial charge in [-0.1, -0.05) is 26.0 Å². The number of methoxy groups -OCH3 is 1. The average Bonchev–Trinajstić information content (AvgIpc) is 2.76. The molecule has 170 valence electrons. The van der Waals surface area contributed by atoms with Crippen molar-refractivity contribution in [1.82, 2.24) is 9.55 Å². The molecule has 0 bridgehead atoms. The molecule has 3 rings (SSSR count). The smallest absolute Gasteiger partial charge is 0.341 e. The van der Waals surface area contributed by atoms with Crippen molar-refractivity contribution in [2.24, 2.45) is 5.92 Å². The van der Waals surface area contributed by atoms with Crippen LogP contribution < -0.4 is 15.5 Å². The largest absolute Gasteiger partial charge is 0.479 e. The van der Waals surface area contributed by atoms with E-state index < -0.39 is 23.0 Å². The van der Waals surface area contributed by atoms with E-state index in [1.165, 1.54) is 36.1 Å². The molecule has 0 saturated heterocycles. The maximum absolute atomic E-state index is 13.1. The van der Waals surface area contributed by atoms with Gasteiger partial charge in [0.1, 0.15) is 17.0 Å². The van der Waals surface area contributed by atoms with Gasteiger partial charge in [-0.25, -0.2) is 9.18 Å². The second-order valence-corrected chi connectivity index (χ2v) is 7.80. The van der Waals surface area contributed by atoms with Gasteiger partial charge in [0.15, 0.2) is 0 Å². The number of aliphatic hydroxyl groups is 1. The Morgan fingerprint density at radius 2 is 1.97 bits per heavy atom. The first-order chi connectivity index (χ1) is 15.3. The number of aromatic carboxylic acids is 1. The third-order valence-corrected chi connectivity index (χ3v) is 5.35. The van der Waals surface area contributed by atoms with Gasteiger partial charge >= 0.3 is 5.97 Å². The quantitative estimate of drug-likeness (QED) is 0.466. The van der Waals surface area contributed by atoms with Crippen LogP contribution in [0.5, 0.6) is 5.88 Å². The highest BCUT2D eigenvalue weighted by Crippen LogP contribution is 2.29. The van der Waals surface area contributed by atoms with Gasteiger partial charge < -0.3 is 24.8 Å². The second kappa shape index (κ2) is 9.78. The fraction of sp³-hybridized carbons (Fsp3) is 0.348. The monoisotopic (exact) mass is 443 g/mol. The molecule has 0 amide bonds. The number of ether oxygens (including phenoxy) is 1. The summed E-state index contributed by atoms with van der Waals surface area (Å²) in [4.78, 5) is 29.0. The Balaban J connectivity index is 2.06. The number of pyridine rings is 2. The Hall–Kier alpha value is -3.46. The number of aliphatic hydroxyl groups excluding tert-OH is 1. The van der Waals surface area contributed by atoms with Crippen LogP contribution in [0.3, 0.4) is 0 Å². The number of carboxylic acids is 1. The van der Waals surface area contributed by atoms with Gasteiger partial charge in [-0.15, -0.1) is 0 Å². The number of aromatic nitrogens is 2. The number of halogens is 1. The number of carboxylic acid groups (broad SMARTS) is 1. The lowest BCUT2D eigenvalue weighted by Gasteiger charge is -2.24. The summed E-state index contributed by atoms with van der Waals surface area (Å²) in [6.07, 6.45) is 1.81. The molecular weight excluding hydrogens is 417 g/mol. The van der Waals surface area contributed by atoms with E-state index in [9.17, 15) is 24.2 Å². The zero-order valence-corrected chi connectivity index (χ0v) is 18.1. The zero-order valence-electron chi connectivity index (χ0n) is 18.1. The maximum atomic E-state index is 13.1. The Bertz CT molecular complexity index is 1170. The summed E-state index contributed by atoms with van der Waals surface area (Å²) in [5.74, 6) is -1.48. The van der Waals surface area contributed by atoms with Crippen molar-refractivity contribution >= 4 is 22.7 Å². The van der Waals surface area contributed by atoms with E-state index in [0.717, 1.165) is 5.56 Å². The first-order valence-electron chi connectivity index (χ1n) is 10.2. The van der Waals surface area contributed by atoms with E-state index in [0.29, 0.717) is 18.7 Å². The Labute approximate surface area is 184 Å². The number of rotatable bonds is 9. The first kappa shape index (κ1) is 23.2. The van der Waals surface area contributed by atoms with E-state index >= 15 is 0 Å². The molecule has 2 aromatic heterocycles. The fourth-order valence-corrected chi connectivity index (χ4v) is 3.56. The molecular formula is C23H26FN3O5. The summed E-state index contributed by atoms with van der Waals surface area (Å²) in [7, 11) is 1.44. The topological polar surface area (TPSA) is 114 Å². The Kier molecular flexibility index (Phi) is 7.09. The number of nitrogens with zero attached hydrogens (tertiary/aromatic N) is 2. The van der Waals surface area contributed by atoms with Crippen molar-refractivity contribution in [1.29, 1.82) is 0 Å². The Morgan fingerprint density at radius 1 is 1.28 bits per heavy atom. The van der Waals surface area contributed by atoms with Gasteiger partial charge in [-0.2, -0.15) is 4.98 Å². The highest BCUT2D eigenvalue weighted by atomic mass is 19.1. The normalized spacial score (nSPS) is 12.2. The van der Waals surface area contributed by atoms with E-state index in [1.54, 1.807) is 12.1 Å². The van der Waals surface area contributed by atoms with Crippen LogP contribution in [0.25, 0.3) is 11.0 Å². The summed E-state index contributed by atoms with van der Waals surface area (Å²) in [5.41, 5.74) is 0.513. The van der Waals surface area contributed by atoms with E-state index in [4.69, 9.17) is 4.74 Å². The van der Waals surface area contributed by atoms with Crippen LogP contribution in [0, 0.1) is 11.7 Å². The molecule has 0 fully saturated rings. The lowest BCUT2D eigenvalue weighted by atomic mass is 10.0. The summed E-state index contributed by atoms with van der Waals surface area (Å²) >= 11 is 0. The van der Waals surface area contributed by atoms with E-state index in [2.05, 4.69) is 10.3 Å². The molecule has 3 aromatic rings. The van der Waals surface area contributed by atoms with Crippen molar-refractivity contribution in [3.8, 4) is 5.88 Å². The number of carbonyl (C=O) groups is 1. The molecule has 0 radical (unpaired) electrons. The van der Waals surface area contributed by atoms with Gasteiger partial charge in [0, 0.05) is 12.7 Å². The van der Waals surface area contributed by atoms with Crippen molar-refractivity contribution in [3.05, 3.63) is 63.7 Å². The molecule has 8 nitrogen and oxygen atoms in total. The maximum Gasteiger partial charge on any atom is 0.341 e. The predicted molar refractivity (Wildman–Crippen MR) is 119 cm³/mol. The summed E-state index contributed by atoms with van der Waals surface area (Å²) in [6, 6.07) is 7.18. The molecule has 0 aliphatic rings. The van der Waals surface area contributed by atoms with E-state index in [1.807, 2.05) is 13.8 Å². The number of nitrogens with one attached hydrogen (secondary N) is 1. The number of anilines is 1. The second-order valence-electron chi connectivity index (χ2n) is 7.80. The summed E-state index contributed by atoms with van der Waals surface area (Å²) in [6.45, 7) is 3.96. The van der Waals surface area contributed by atoms with Gasteiger partial charge in [0.05, 0.1) is 30.8 Å². The van der Waals surface area contributed by atoms with Crippen molar-refractivity contribution < 1.29 is 24.1 Å². The van der Waals surface area contributed by atoms with Crippen molar-refractivity contribution in [3.63, 3.8) is 0 Å². The lowest BCUT2D eigenvalue weighted by Crippen LogP contribution is -2.26. The average molecular weight is 443 g/mol. The molecule has 32 heavy (non-hydrogen) atoms. The highest BCUT2D eigenvalue weighted by molar-refractivity contribution is 5.93. The van der Waals surface area contributed by atoms with Crippen LogP contribution in [0.15, 0.2) is 41.3 Å². The minimum absolute atomic E-state index is 0.0475. The minimum atomic E-state index is -1.35. The first-order valence-corrected chi connectivity index (χ1v) is 10.2. The predicted octanol–water partition coefficient (Wildman–Crippen LogP) is 3.09. The zero-order chi connectivity index (χ0) is 23.4. The number of benzene rings is 1. The molecule has 1 atom stereocenters. The summed E-state index contributed by atoms with van der Waals surface area (Å²) < 4.78 is 20.0. The van der Waals surface area contributed by atoms with Crippen LogP contribution in [-0.2, 0) is 6.42 Å². The molecule has 0 aliphatic carbocycles. The van der Waals surface area contributed by atoms with Gasteiger partial charge in [-0.3, -0.25) is 4.79 Å². The van der Waals surface area contributed by atoms with Gasteiger partial charge in [0.25, 0.3) is 0 Å². The highest BCUT2D eigenvalue weighted by Gasteiger charge is 2.23. The van der Waals surface area contributed by atoms with Crippen LogP contribution >= 0.6 is 0 Å². The molecule has 9 heteroatoms. The van der Waals surface area contributed by atoms with Crippen molar-refractivity contribution in [2.45, 2.75) is 26.3 Å². The third-order valence-electron chi connectivity index (χ3n) is 5.35.